The number of nitrogens with zero attached hydrogens (tertiary/aromatic N) is 1. The minimum atomic E-state index is -1.10. The maximum Gasteiger partial charge on any atom is 0.268 e. The summed E-state index contributed by atoms with van der Waals surface area (Å²) in [4.78, 5) is 24.8. The fourth-order valence-corrected chi connectivity index (χ4v) is 4.28. The number of ether oxygens (including phenoxy) is 2. The van der Waals surface area contributed by atoms with E-state index in [1.807, 2.05) is 0 Å². The summed E-state index contributed by atoms with van der Waals surface area (Å²) in [5.74, 6) is -1.36. The molecule has 0 unspecified atom stereocenters. The number of benzene rings is 2. The van der Waals surface area contributed by atoms with Gasteiger partial charge < -0.3 is 24.5 Å². The van der Waals surface area contributed by atoms with Crippen LogP contribution in [-0.2, 0) is 17.3 Å². The zero-order valence-electron chi connectivity index (χ0n) is 17.2. The van der Waals surface area contributed by atoms with Crippen molar-refractivity contribution in [3.05, 3.63) is 63.0 Å². The molecule has 32 heavy (non-hydrogen) atoms. The van der Waals surface area contributed by atoms with E-state index in [2.05, 4.69) is 5.32 Å². The van der Waals surface area contributed by atoms with Crippen LogP contribution in [0.4, 0.5) is 4.39 Å². The molecule has 1 aliphatic heterocycles. The van der Waals surface area contributed by atoms with E-state index >= 15 is 0 Å². The Morgan fingerprint density at radius 1 is 1.25 bits per heavy atom. The van der Waals surface area contributed by atoms with Gasteiger partial charge in [0.05, 0.1) is 30.9 Å². The van der Waals surface area contributed by atoms with Gasteiger partial charge in [-0.25, -0.2) is 4.39 Å². The first kappa shape index (κ1) is 22.5. The monoisotopic (exact) mass is 480 g/mol. The highest BCUT2D eigenvalue weighted by atomic mass is 35.5. The first-order valence-electron chi connectivity index (χ1n) is 9.58. The standard InChI is InChI=1S/C22H19Cl2FN2O5/c1-27-15-7-18(31-2)20(24)19(23)12(15)6-16(27)21(30)26-22(9-32-10-22)13-4-3-11(5-14(13)25)17(29)8-28/h3-7,28H,8-10H2,1-2H3,(H,26,30). The van der Waals surface area contributed by atoms with Crippen molar-refractivity contribution < 1.29 is 28.6 Å². The highest BCUT2D eigenvalue weighted by molar-refractivity contribution is 6.46. The van der Waals surface area contributed by atoms with Gasteiger partial charge in [-0.3, -0.25) is 9.59 Å². The van der Waals surface area contributed by atoms with E-state index in [1.54, 1.807) is 23.7 Å². The second kappa shape index (κ2) is 8.37. The summed E-state index contributed by atoms with van der Waals surface area (Å²) in [6.45, 7) is -0.594. The van der Waals surface area contributed by atoms with Gasteiger partial charge in [0.25, 0.3) is 5.91 Å². The number of amides is 1. The van der Waals surface area contributed by atoms with Crippen LogP contribution in [0.25, 0.3) is 10.9 Å². The molecule has 1 fully saturated rings. The Balaban J connectivity index is 1.70. The van der Waals surface area contributed by atoms with Gasteiger partial charge in [0.2, 0.25) is 0 Å². The Morgan fingerprint density at radius 2 is 1.97 bits per heavy atom. The van der Waals surface area contributed by atoms with Crippen molar-refractivity contribution in [2.75, 3.05) is 26.9 Å². The molecule has 3 aromatic rings. The number of methoxy groups -OCH3 is 1. The molecule has 7 nitrogen and oxygen atoms in total. The number of rotatable bonds is 6. The van der Waals surface area contributed by atoms with E-state index in [0.29, 0.717) is 16.7 Å². The van der Waals surface area contributed by atoms with Gasteiger partial charge >= 0.3 is 0 Å². The van der Waals surface area contributed by atoms with Gasteiger partial charge in [-0.1, -0.05) is 35.3 Å². The second-order valence-corrected chi connectivity index (χ2v) is 8.29. The lowest BCUT2D eigenvalue weighted by molar-refractivity contribution is -0.0750. The molecule has 0 bridgehead atoms. The Morgan fingerprint density at radius 3 is 2.53 bits per heavy atom. The minimum Gasteiger partial charge on any atom is -0.495 e. The topological polar surface area (TPSA) is 89.8 Å². The molecular weight excluding hydrogens is 462 g/mol. The van der Waals surface area contributed by atoms with E-state index in [9.17, 15) is 14.0 Å². The number of nitrogens with one attached hydrogen (secondary N) is 1. The number of carbonyl (C=O) groups is 2. The van der Waals surface area contributed by atoms with Gasteiger partial charge in [-0.2, -0.15) is 0 Å². The average molecular weight is 481 g/mol. The van der Waals surface area contributed by atoms with Crippen LogP contribution in [0.2, 0.25) is 10.0 Å². The lowest BCUT2D eigenvalue weighted by Crippen LogP contribution is -2.60. The van der Waals surface area contributed by atoms with Gasteiger partial charge in [-0.05, 0) is 12.1 Å². The molecular formula is C22H19Cl2FN2O5. The Kier molecular flexibility index (Phi) is 5.89. The highest BCUT2D eigenvalue weighted by Gasteiger charge is 2.44. The molecule has 0 saturated carbocycles. The number of hydrogen-bond donors (Lipinski definition) is 2. The average Bonchev–Trinajstić information content (AvgIpc) is 3.09. The Labute approximate surface area is 192 Å². The Hall–Kier alpha value is -2.65. The van der Waals surface area contributed by atoms with E-state index in [4.69, 9.17) is 37.8 Å². The number of Topliss-reactive ketones (excluding diaryl/α,β-unsaturated/α-hetero) is 1. The molecule has 2 N–H and O–H groups in total. The van der Waals surface area contributed by atoms with Crippen molar-refractivity contribution in [2.45, 2.75) is 5.54 Å². The zero-order chi connectivity index (χ0) is 23.2. The third kappa shape index (κ3) is 3.53. The summed E-state index contributed by atoms with van der Waals surface area (Å²) in [7, 11) is 3.16. The largest absolute Gasteiger partial charge is 0.495 e. The molecule has 1 saturated heterocycles. The van der Waals surface area contributed by atoms with Gasteiger partial charge in [0.15, 0.2) is 5.78 Å². The number of fused-ring (bicyclic) bond motifs is 1. The van der Waals surface area contributed by atoms with Crippen LogP contribution in [0.5, 0.6) is 5.75 Å². The van der Waals surface area contributed by atoms with Crippen molar-refractivity contribution in [1.29, 1.82) is 0 Å². The van der Waals surface area contributed by atoms with Gasteiger partial charge in [-0.15, -0.1) is 0 Å². The first-order chi connectivity index (χ1) is 15.2. The van der Waals surface area contributed by atoms with Crippen LogP contribution < -0.4 is 10.1 Å². The van der Waals surface area contributed by atoms with Crippen molar-refractivity contribution in [3.8, 4) is 5.75 Å². The van der Waals surface area contributed by atoms with Gasteiger partial charge in [0, 0.05) is 29.6 Å². The van der Waals surface area contributed by atoms with E-state index < -0.39 is 29.7 Å². The van der Waals surface area contributed by atoms with Crippen LogP contribution in [-0.4, -0.2) is 48.3 Å². The quantitative estimate of drug-likeness (QED) is 0.527. The molecule has 1 amide bonds. The third-order valence-electron chi connectivity index (χ3n) is 5.65. The SMILES string of the molecule is COc1cc2c(cc(C(=O)NC3(c4ccc(C(=O)CO)cc4F)COC3)n2C)c(Cl)c1Cl. The summed E-state index contributed by atoms with van der Waals surface area (Å²) in [6, 6.07) is 7.16. The van der Waals surface area contributed by atoms with Crippen LogP contribution in [0.3, 0.4) is 0 Å². The van der Waals surface area contributed by atoms with Crippen molar-refractivity contribution >= 4 is 45.8 Å². The summed E-state index contributed by atoms with van der Waals surface area (Å²) < 4.78 is 27.0. The number of aromatic nitrogens is 1. The fraction of sp³-hybridized carbons (Fsp3) is 0.273. The first-order valence-corrected chi connectivity index (χ1v) is 10.3. The number of aliphatic hydroxyl groups excluding tert-OH is 1. The molecule has 0 spiro atoms. The number of carbonyl (C=O) groups excluding carboxylic acids is 2. The lowest BCUT2D eigenvalue weighted by Gasteiger charge is -2.42. The van der Waals surface area contributed by atoms with Crippen LogP contribution in [0, 0.1) is 5.82 Å². The molecule has 1 aliphatic rings. The predicted octanol–water partition coefficient (Wildman–Crippen LogP) is 3.46. The highest BCUT2D eigenvalue weighted by Crippen LogP contribution is 2.40. The smallest absolute Gasteiger partial charge is 0.268 e. The fourth-order valence-electron chi connectivity index (χ4n) is 3.80. The second-order valence-electron chi connectivity index (χ2n) is 7.53. The van der Waals surface area contributed by atoms with E-state index in [0.717, 1.165) is 6.07 Å². The molecule has 10 heteroatoms. The van der Waals surface area contributed by atoms with Gasteiger partial charge in [0.1, 0.15) is 34.4 Å². The molecule has 0 atom stereocenters. The van der Waals surface area contributed by atoms with E-state index in [1.165, 1.54) is 19.2 Å². The van der Waals surface area contributed by atoms with Crippen molar-refractivity contribution in [2.24, 2.45) is 7.05 Å². The number of aryl methyl sites for hydroxylation is 1. The normalized spacial score (nSPS) is 14.8. The summed E-state index contributed by atoms with van der Waals surface area (Å²) in [6.07, 6.45) is 0. The van der Waals surface area contributed by atoms with Crippen molar-refractivity contribution in [1.82, 2.24) is 9.88 Å². The molecule has 4 rings (SSSR count). The predicted molar refractivity (Wildman–Crippen MR) is 117 cm³/mol. The minimum absolute atomic E-state index is 0.0459. The van der Waals surface area contributed by atoms with Crippen LogP contribution in [0.1, 0.15) is 26.4 Å². The molecule has 1 aromatic heterocycles. The molecule has 2 heterocycles. The summed E-state index contributed by atoms with van der Waals surface area (Å²) >= 11 is 12.6. The molecule has 0 radical (unpaired) electrons. The summed E-state index contributed by atoms with van der Waals surface area (Å²) in [5, 5.41) is 12.9. The van der Waals surface area contributed by atoms with Crippen LogP contribution in [0.15, 0.2) is 30.3 Å². The Bertz CT molecular complexity index is 1250. The maximum atomic E-state index is 14.9. The number of aliphatic hydroxyl groups is 1. The molecule has 2 aromatic carbocycles. The molecule has 0 aliphatic carbocycles. The van der Waals surface area contributed by atoms with Crippen molar-refractivity contribution in [3.63, 3.8) is 0 Å². The molecule has 168 valence electrons. The lowest BCUT2D eigenvalue weighted by atomic mass is 9.86. The number of ketones is 1. The zero-order valence-corrected chi connectivity index (χ0v) is 18.7. The third-order valence-corrected chi connectivity index (χ3v) is 6.51. The summed E-state index contributed by atoms with van der Waals surface area (Å²) in [5.41, 5.74) is 0.0541. The van der Waals surface area contributed by atoms with E-state index in [-0.39, 0.29) is 40.1 Å². The number of hydrogen-bond acceptors (Lipinski definition) is 5. The van der Waals surface area contributed by atoms with Crippen LogP contribution >= 0.6 is 23.2 Å². The maximum absolute atomic E-state index is 14.9. The number of halogens is 3.